The lowest BCUT2D eigenvalue weighted by molar-refractivity contribution is -0.139. The van der Waals surface area contributed by atoms with E-state index in [1.54, 1.807) is 6.08 Å². The van der Waals surface area contributed by atoms with Gasteiger partial charge < -0.3 is 19.1 Å². The summed E-state index contributed by atoms with van der Waals surface area (Å²) in [5, 5.41) is 0. The average Bonchev–Trinajstić information content (AvgIpc) is 2.82. The smallest absolute Gasteiger partial charge is 0.355 e. The van der Waals surface area contributed by atoms with Gasteiger partial charge in [0.15, 0.2) is 5.82 Å². The standard InChI is InChI=1S/C17H16FNO5/c1-22-11-7-8-14(13(18)10-11)19-9-5-4-6-12(16(20)23-2)15(19)17(21)24-3/h4-10H,1-3H3. The van der Waals surface area contributed by atoms with Crippen LogP contribution in [0.2, 0.25) is 0 Å². The zero-order valence-corrected chi connectivity index (χ0v) is 13.4. The molecule has 0 amide bonds. The van der Waals surface area contributed by atoms with Crippen molar-refractivity contribution in [1.82, 2.24) is 0 Å². The number of rotatable bonds is 4. The highest BCUT2D eigenvalue weighted by molar-refractivity contribution is 6.05. The molecule has 0 saturated heterocycles. The molecular weight excluding hydrogens is 317 g/mol. The van der Waals surface area contributed by atoms with Crippen molar-refractivity contribution in [2.75, 3.05) is 26.2 Å². The summed E-state index contributed by atoms with van der Waals surface area (Å²) >= 11 is 0. The first-order valence-electron chi connectivity index (χ1n) is 6.92. The Morgan fingerprint density at radius 1 is 1.04 bits per heavy atom. The molecule has 0 fully saturated rings. The van der Waals surface area contributed by atoms with E-state index in [2.05, 4.69) is 0 Å². The van der Waals surface area contributed by atoms with Crippen molar-refractivity contribution in [3.8, 4) is 5.75 Å². The summed E-state index contributed by atoms with van der Waals surface area (Å²) in [5.41, 5.74) is -0.152. The van der Waals surface area contributed by atoms with Crippen LogP contribution in [-0.4, -0.2) is 33.3 Å². The van der Waals surface area contributed by atoms with E-state index in [4.69, 9.17) is 14.2 Å². The van der Waals surface area contributed by atoms with Gasteiger partial charge in [0.2, 0.25) is 0 Å². The Morgan fingerprint density at radius 3 is 2.33 bits per heavy atom. The number of halogens is 1. The molecule has 0 aromatic heterocycles. The van der Waals surface area contributed by atoms with Gasteiger partial charge in [-0.15, -0.1) is 0 Å². The minimum absolute atomic E-state index is 0.0513. The van der Waals surface area contributed by atoms with E-state index in [-0.39, 0.29) is 17.0 Å². The predicted octanol–water partition coefficient (Wildman–Crippen LogP) is 2.32. The van der Waals surface area contributed by atoms with E-state index in [1.807, 2.05) is 0 Å². The van der Waals surface area contributed by atoms with Crippen LogP contribution in [0.15, 0.2) is 53.9 Å². The molecule has 7 heteroatoms. The van der Waals surface area contributed by atoms with E-state index in [1.165, 1.54) is 62.8 Å². The lowest BCUT2D eigenvalue weighted by atomic mass is 10.1. The second-order valence-corrected chi connectivity index (χ2v) is 4.63. The molecule has 6 nitrogen and oxygen atoms in total. The summed E-state index contributed by atoms with van der Waals surface area (Å²) in [6, 6.07) is 4.15. The number of hydrogen-bond acceptors (Lipinski definition) is 6. The SMILES string of the molecule is COC(=O)C1=C(C(=O)OC)N(c2ccc(OC)cc2F)C=CC=C1. The molecule has 0 spiro atoms. The molecule has 1 aromatic carbocycles. The summed E-state index contributed by atoms with van der Waals surface area (Å²) in [5.74, 6) is -1.85. The quantitative estimate of drug-likeness (QED) is 0.788. The van der Waals surface area contributed by atoms with E-state index in [9.17, 15) is 14.0 Å². The Balaban J connectivity index is 2.65. The molecule has 0 saturated carbocycles. The van der Waals surface area contributed by atoms with Crippen LogP contribution < -0.4 is 9.64 Å². The van der Waals surface area contributed by atoms with E-state index < -0.39 is 17.8 Å². The second kappa shape index (κ2) is 7.45. The summed E-state index contributed by atoms with van der Waals surface area (Å²) in [7, 11) is 3.78. The lowest BCUT2D eigenvalue weighted by Gasteiger charge is -2.23. The summed E-state index contributed by atoms with van der Waals surface area (Å²) in [6.45, 7) is 0. The van der Waals surface area contributed by atoms with Crippen molar-refractivity contribution in [3.63, 3.8) is 0 Å². The van der Waals surface area contributed by atoms with Gasteiger partial charge in [-0.25, -0.2) is 14.0 Å². The minimum Gasteiger partial charge on any atom is -0.497 e. The third-order valence-electron chi connectivity index (χ3n) is 3.30. The van der Waals surface area contributed by atoms with Crippen LogP contribution in [0.4, 0.5) is 10.1 Å². The molecule has 0 bridgehead atoms. The van der Waals surface area contributed by atoms with Crippen LogP contribution in [-0.2, 0) is 19.1 Å². The molecule has 1 aliphatic heterocycles. The van der Waals surface area contributed by atoms with Crippen LogP contribution in [0.25, 0.3) is 0 Å². The van der Waals surface area contributed by atoms with Gasteiger partial charge in [-0.3, -0.25) is 0 Å². The fourth-order valence-electron chi connectivity index (χ4n) is 2.16. The van der Waals surface area contributed by atoms with Gasteiger partial charge in [0.05, 0.1) is 32.6 Å². The molecule has 0 N–H and O–H groups in total. The Bertz CT molecular complexity index is 751. The van der Waals surface area contributed by atoms with Gasteiger partial charge in [-0.05, 0) is 24.3 Å². The van der Waals surface area contributed by atoms with Gasteiger partial charge in [-0.2, -0.15) is 0 Å². The highest BCUT2D eigenvalue weighted by atomic mass is 19.1. The van der Waals surface area contributed by atoms with E-state index >= 15 is 0 Å². The fraction of sp³-hybridized carbons (Fsp3) is 0.176. The van der Waals surface area contributed by atoms with Gasteiger partial charge in [0.25, 0.3) is 0 Å². The third-order valence-corrected chi connectivity index (χ3v) is 3.30. The van der Waals surface area contributed by atoms with Crippen molar-refractivity contribution < 1.29 is 28.2 Å². The van der Waals surface area contributed by atoms with Crippen molar-refractivity contribution in [2.45, 2.75) is 0 Å². The van der Waals surface area contributed by atoms with Gasteiger partial charge in [0.1, 0.15) is 11.4 Å². The Labute approximate surface area is 138 Å². The number of esters is 2. The number of methoxy groups -OCH3 is 3. The topological polar surface area (TPSA) is 65.1 Å². The van der Waals surface area contributed by atoms with Crippen LogP contribution in [0, 0.1) is 5.82 Å². The zero-order chi connectivity index (χ0) is 17.7. The molecule has 2 rings (SSSR count). The molecule has 0 radical (unpaired) electrons. The number of benzene rings is 1. The van der Waals surface area contributed by atoms with Crippen LogP contribution >= 0.6 is 0 Å². The molecule has 126 valence electrons. The van der Waals surface area contributed by atoms with Crippen LogP contribution in [0.3, 0.4) is 0 Å². The Morgan fingerprint density at radius 2 is 1.75 bits per heavy atom. The highest BCUT2D eigenvalue weighted by Gasteiger charge is 2.28. The second-order valence-electron chi connectivity index (χ2n) is 4.63. The third kappa shape index (κ3) is 3.29. The van der Waals surface area contributed by atoms with Gasteiger partial charge in [-0.1, -0.05) is 6.08 Å². The number of allylic oxidation sites excluding steroid dienone is 2. The lowest BCUT2D eigenvalue weighted by Crippen LogP contribution is -2.27. The summed E-state index contributed by atoms with van der Waals surface area (Å²) in [4.78, 5) is 25.5. The molecule has 0 atom stereocenters. The van der Waals surface area contributed by atoms with Gasteiger partial charge >= 0.3 is 11.9 Å². The van der Waals surface area contributed by atoms with Crippen molar-refractivity contribution in [1.29, 1.82) is 0 Å². The molecule has 0 unspecified atom stereocenters. The van der Waals surface area contributed by atoms with E-state index in [0.29, 0.717) is 5.75 Å². The number of carbonyl (C=O) groups excluding carboxylic acids is 2. The van der Waals surface area contributed by atoms with Crippen molar-refractivity contribution in [3.05, 3.63) is 59.7 Å². The maximum atomic E-state index is 14.4. The number of ether oxygens (including phenoxy) is 3. The summed E-state index contributed by atoms with van der Waals surface area (Å²) < 4.78 is 28.8. The first-order chi connectivity index (χ1) is 11.5. The molecular formula is C17H16FNO5. The molecule has 1 aliphatic rings. The Hall–Kier alpha value is -3.09. The normalized spacial score (nSPS) is 13.6. The maximum absolute atomic E-state index is 14.4. The van der Waals surface area contributed by atoms with Gasteiger partial charge in [0, 0.05) is 12.3 Å². The molecule has 1 heterocycles. The predicted molar refractivity (Wildman–Crippen MR) is 84.8 cm³/mol. The first-order valence-corrected chi connectivity index (χ1v) is 6.92. The highest BCUT2D eigenvalue weighted by Crippen LogP contribution is 2.30. The number of anilines is 1. The number of carbonyl (C=O) groups is 2. The average molecular weight is 333 g/mol. The minimum atomic E-state index is -0.804. The van der Waals surface area contributed by atoms with Crippen molar-refractivity contribution >= 4 is 17.6 Å². The number of nitrogens with zero attached hydrogens (tertiary/aromatic N) is 1. The number of hydrogen-bond donors (Lipinski definition) is 0. The van der Waals surface area contributed by atoms with E-state index in [0.717, 1.165) is 0 Å². The van der Waals surface area contributed by atoms with Crippen LogP contribution in [0.1, 0.15) is 0 Å². The maximum Gasteiger partial charge on any atom is 0.355 e. The monoisotopic (exact) mass is 333 g/mol. The largest absolute Gasteiger partial charge is 0.497 e. The summed E-state index contributed by atoms with van der Waals surface area (Å²) in [6.07, 6.45) is 5.94. The zero-order valence-electron chi connectivity index (χ0n) is 13.4. The van der Waals surface area contributed by atoms with Crippen molar-refractivity contribution in [2.24, 2.45) is 0 Å². The van der Waals surface area contributed by atoms with Crippen LogP contribution in [0.5, 0.6) is 5.75 Å². The molecule has 24 heavy (non-hydrogen) atoms. The Kier molecular flexibility index (Phi) is 5.36. The first kappa shape index (κ1) is 17.3. The molecule has 0 aliphatic carbocycles. The molecule has 1 aromatic rings. The fourth-order valence-corrected chi connectivity index (χ4v) is 2.16.